The van der Waals surface area contributed by atoms with E-state index in [2.05, 4.69) is 15.7 Å². The summed E-state index contributed by atoms with van der Waals surface area (Å²) >= 11 is 0. The van der Waals surface area contributed by atoms with E-state index in [1.807, 2.05) is 0 Å². The van der Waals surface area contributed by atoms with E-state index in [1.54, 1.807) is 30.1 Å². The number of hydrogen-bond acceptors (Lipinski definition) is 4. The van der Waals surface area contributed by atoms with Crippen molar-refractivity contribution >= 4 is 11.8 Å². The number of halogens is 1. The fourth-order valence-electron chi connectivity index (χ4n) is 3.05. The SMILES string of the molecule is COCCNC(=O)c1cnn2c1C[C@H](NC(=O)Cc1cccc(F)c1)C2. The third kappa shape index (κ3) is 4.26. The molecule has 1 aromatic heterocycles. The topological polar surface area (TPSA) is 85.2 Å². The molecule has 0 aliphatic carbocycles. The summed E-state index contributed by atoms with van der Waals surface area (Å²) in [6.45, 7) is 1.37. The van der Waals surface area contributed by atoms with E-state index in [4.69, 9.17) is 4.74 Å². The highest BCUT2D eigenvalue weighted by Gasteiger charge is 2.28. The molecule has 0 spiro atoms. The van der Waals surface area contributed by atoms with Crippen LogP contribution < -0.4 is 10.6 Å². The number of hydrogen-bond donors (Lipinski definition) is 2. The van der Waals surface area contributed by atoms with Gasteiger partial charge in [0, 0.05) is 20.1 Å². The van der Waals surface area contributed by atoms with Crippen LogP contribution in [0, 0.1) is 5.82 Å². The second-order valence-corrected chi connectivity index (χ2v) is 6.21. The molecule has 0 unspecified atom stereocenters. The number of nitrogens with one attached hydrogen (secondary N) is 2. The number of carbonyl (C=O) groups excluding carboxylic acids is 2. The Morgan fingerprint density at radius 1 is 1.42 bits per heavy atom. The minimum atomic E-state index is -0.361. The van der Waals surface area contributed by atoms with Crippen molar-refractivity contribution in [3.8, 4) is 0 Å². The van der Waals surface area contributed by atoms with E-state index >= 15 is 0 Å². The Morgan fingerprint density at radius 3 is 3.04 bits per heavy atom. The van der Waals surface area contributed by atoms with Gasteiger partial charge < -0.3 is 15.4 Å². The van der Waals surface area contributed by atoms with Gasteiger partial charge in [0.2, 0.25) is 5.91 Å². The molecule has 2 amide bonds. The maximum absolute atomic E-state index is 13.2. The summed E-state index contributed by atoms with van der Waals surface area (Å²) in [6, 6.07) is 5.85. The summed E-state index contributed by atoms with van der Waals surface area (Å²) in [7, 11) is 1.57. The summed E-state index contributed by atoms with van der Waals surface area (Å²) < 4.78 is 19.8. The molecule has 1 aliphatic rings. The van der Waals surface area contributed by atoms with Crippen LogP contribution in [0.25, 0.3) is 0 Å². The molecule has 2 N–H and O–H groups in total. The highest BCUT2D eigenvalue weighted by Crippen LogP contribution is 2.19. The molecule has 0 saturated heterocycles. The van der Waals surface area contributed by atoms with E-state index in [1.165, 1.54) is 12.1 Å². The molecule has 1 aromatic carbocycles. The highest BCUT2D eigenvalue weighted by molar-refractivity contribution is 5.95. The van der Waals surface area contributed by atoms with Gasteiger partial charge in [-0.2, -0.15) is 5.10 Å². The predicted octanol–water partition coefficient (Wildman–Crippen LogP) is 0.682. The molecule has 2 heterocycles. The zero-order valence-electron chi connectivity index (χ0n) is 14.5. The molecule has 138 valence electrons. The first-order valence-corrected chi connectivity index (χ1v) is 8.42. The average molecular weight is 360 g/mol. The van der Waals surface area contributed by atoms with Crippen molar-refractivity contribution in [3.05, 3.63) is 53.1 Å². The maximum atomic E-state index is 13.2. The quantitative estimate of drug-likeness (QED) is 0.711. The number of nitrogens with zero attached hydrogens (tertiary/aromatic N) is 2. The number of ether oxygens (including phenoxy) is 1. The van der Waals surface area contributed by atoms with E-state index in [0.717, 1.165) is 5.69 Å². The molecule has 3 rings (SSSR count). The first kappa shape index (κ1) is 18.1. The molecule has 0 fully saturated rings. The van der Waals surface area contributed by atoms with Crippen molar-refractivity contribution < 1.29 is 18.7 Å². The van der Waals surface area contributed by atoms with E-state index in [0.29, 0.717) is 37.2 Å². The van der Waals surface area contributed by atoms with Crippen molar-refractivity contribution in [3.63, 3.8) is 0 Å². The fraction of sp³-hybridized carbons (Fsp3) is 0.389. The molecule has 26 heavy (non-hydrogen) atoms. The fourth-order valence-corrected chi connectivity index (χ4v) is 3.05. The Balaban J connectivity index is 1.55. The van der Waals surface area contributed by atoms with Gasteiger partial charge in [0.05, 0.1) is 43.1 Å². The van der Waals surface area contributed by atoms with Gasteiger partial charge in [0.25, 0.3) is 5.91 Å². The average Bonchev–Trinajstić information content (AvgIpc) is 3.14. The number of carbonyl (C=O) groups is 2. The Kier molecular flexibility index (Phi) is 5.62. The van der Waals surface area contributed by atoms with Gasteiger partial charge >= 0.3 is 0 Å². The molecular weight excluding hydrogens is 339 g/mol. The minimum absolute atomic E-state index is 0.112. The van der Waals surface area contributed by atoms with Crippen LogP contribution in [0.5, 0.6) is 0 Å². The van der Waals surface area contributed by atoms with Gasteiger partial charge in [-0.25, -0.2) is 4.39 Å². The Bertz CT molecular complexity index is 805. The van der Waals surface area contributed by atoms with Gasteiger partial charge in [0.15, 0.2) is 0 Å². The molecule has 7 nitrogen and oxygen atoms in total. The zero-order valence-corrected chi connectivity index (χ0v) is 14.5. The number of benzene rings is 1. The van der Waals surface area contributed by atoms with Gasteiger partial charge in [0.1, 0.15) is 5.82 Å². The summed E-state index contributed by atoms with van der Waals surface area (Å²) in [5.74, 6) is -0.743. The van der Waals surface area contributed by atoms with Crippen molar-refractivity contribution in [1.82, 2.24) is 20.4 Å². The monoisotopic (exact) mass is 360 g/mol. The predicted molar refractivity (Wildman–Crippen MR) is 92.2 cm³/mol. The van der Waals surface area contributed by atoms with Crippen molar-refractivity contribution in [2.24, 2.45) is 0 Å². The first-order valence-electron chi connectivity index (χ1n) is 8.42. The second kappa shape index (κ2) is 8.09. The van der Waals surface area contributed by atoms with Crippen LogP contribution in [-0.2, 0) is 28.9 Å². The summed E-state index contributed by atoms with van der Waals surface area (Å²) in [5.41, 5.74) is 1.94. The molecule has 8 heteroatoms. The van der Waals surface area contributed by atoms with Crippen molar-refractivity contribution in [2.45, 2.75) is 25.4 Å². The smallest absolute Gasteiger partial charge is 0.254 e. The van der Waals surface area contributed by atoms with Crippen LogP contribution in [-0.4, -0.2) is 47.9 Å². The Labute approximate surface area is 150 Å². The van der Waals surface area contributed by atoms with Crippen LogP contribution in [0.3, 0.4) is 0 Å². The molecular formula is C18H21FN4O3. The third-order valence-corrected chi connectivity index (χ3v) is 4.24. The Morgan fingerprint density at radius 2 is 2.27 bits per heavy atom. The second-order valence-electron chi connectivity index (χ2n) is 6.21. The zero-order chi connectivity index (χ0) is 18.5. The maximum Gasteiger partial charge on any atom is 0.254 e. The molecule has 0 bridgehead atoms. The molecule has 2 aromatic rings. The van der Waals surface area contributed by atoms with Crippen LogP contribution in [0.4, 0.5) is 4.39 Å². The van der Waals surface area contributed by atoms with E-state index in [9.17, 15) is 14.0 Å². The molecule has 0 radical (unpaired) electrons. The largest absolute Gasteiger partial charge is 0.383 e. The number of fused-ring (bicyclic) bond motifs is 1. The summed E-state index contributed by atoms with van der Waals surface area (Å²) in [5, 5.41) is 9.92. The normalized spacial score (nSPS) is 15.5. The van der Waals surface area contributed by atoms with Crippen LogP contribution in [0.15, 0.2) is 30.5 Å². The van der Waals surface area contributed by atoms with Gasteiger partial charge in [-0.05, 0) is 17.7 Å². The summed E-state index contributed by atoms with van der Waals surface area (Å²) in [4.78, 5) is 24.4. The molecule has 0 saturated carbocycles. The molecule has 1 aliphatic heterocycles. The van der Waals surface area contributed by atoms with Gasteiger partial charge in [-0.3, -0.25) is 14.3 Å². The summed E-state index contributed by atoms with van der Waals surface area (Å²) in [6.07, 6.45) is 2.19. The van der Waals surface area contributed by atoms with E-state index < -0.39 is 0 Å². The van der Waals surface area contributed by atoms with Crippen LogP contribution in [0.2, 0.25) is 0 Å². The number of amides is 2. The lowest BCUT2D eigenvalue weighted by Gasteiger charge is -2.12. The number of methoxy groups -OCH3 is 1. The van der Waals surface area contributed by atoms with E-state index in [-0.39, 0.29) is 30.1 Å². The van der Waals surface area contributed by atoms with Crippen molar-refractivity contribution in [2.75, 3.05) is 20.3 Å². The van der Waals surface area contributed by atoms with Crippen LogP contribution >= 0.6 is 0 Å². The first-order chi connectivity index (χ1) is 12.6. The lowest BCUT2D eigenvalue weighted by atomic mass is 10.1. The van der Waals surface area contributed by atoms with Gasteiger partial charge in [-0.1, -0.05) is 12.1 Å². The highest BCUT2D eigenvalue weighted by atomic mass is 19.1. The Hall–Kier alpha value is -2.74. The van der Waals surface area contributed by atoms with Gasteiger partial charge in [-0.15, -0.1) is 0 Å². The number of aromatic nitrogens is 2. The third-order valence-electron chi connectivity index (χ3n) is 4.24. The standard InChI is InChI=1S/C18H21FN4O3/c1-26-6-5-20-18(25)15-10-21-23-11-14(9-16(15)23)22-17(24)8-12-3-2-4-13(19)7-12/h2-4,7,10,14H,5-6,8-9,11H2,1H3,(H,20,25)(H,22,24)/t14-/m0/s1. The van der Waals surface area contributed by atoms with Crippen molar-refractivity contribution in [1.29, 1.82) is 0 Å². The van der Waals surface area contributed by atoms with Crippen LogP contribution in [0.1, 0.15) is 21.6 Å². The lowest BCUT2D eigenvalue weighted by Crippen LogP contribution is -2.37. The lowest BCUT2D eigenvalue weighted by molar-refractivity contribution is -0.121. The minimum Gasteiger partial charge on any atom is -0.383 e. The molecule has 1 atom stereocenters. The number of rotatable bonds is 7.